The molecule has 1 saturated heterocycles. The van der Waals surface area contributed by atoms with Gasteiger partial charge < -0.3 is 29.6 Å². The summed E-state index contributed by atoms with van der Waals surface area (Å²) in [6, 6.07) is -0.544. The third kappa shape index (κ3) is 10.3. The van der Waals surface area contributed by atoms with Crippen molar-refractivity contribution in [3.8, 4) is 0 Å². The van der Waals surface area contributed by atoms with Gasteiger partial charge in [-0.2, -0.15) is 8.42 Å². The number of esters is 2. The lowest BCUT2D eigenvalue weighted by molar-refractivity contribution is -0.289. The third-order valence-corrected chi connectivity index (χ3v) is 5.35. The fourth-order valence-corrected chi connectivity index (χ4v) is 3.69. The Morgan fingerprint density at radius 1 is 1.03 bits per heavy atom. The Balaban J connectivity index is 2.58. The molecule has 180 valence electrons. The van der Waals surface area contributed by atoms with Crippen LogP contribution < -0.4 is 10.6 Å². The Morgan fingerprint density at radius 2 is 1.61 bits per heavy atom. The second kappa shape index (κ2) is 12.8. The van der Waals surface area contributed by atoms with E-state index in [-0.39, 0.29) is 38.1 Å². The molecule has 1 aliphatic heterocycles. The Bertz CT molecular complexity index is 714. The number of carbonyl (C=O) groups is 3. The molecule has 1 fully saturated rings. The number of ether oxygens (including phenoxy) is 4. The quantitative estimate of drug-likeness (QED) is 0.217. The van der Waals surface area contributed by atoms with Gasteiger partial charge in [-0.25, -0.2) is 4.79 Å². The van der Waals surface area contributed by atoms with E-state index in [1.54, 1.807) is 0 Å². The van der Waals surface area contributed by atoms with Crippen molar-refractivity contribution in [1.29, 1.82) is 0 Å². The van der Waals surface area contributed by atoms with Gasteiger partial charge in [0.15, 0.2) is 12.4 Å². The van der Waals surface area contributed by atoms with E-state index < -0.39 is 52.3 Å². The predicted octanol–water partition coefficient (Wildman–Crippen LogP) is 0.215. The molecule has 0 aliphatic carbocycles. The summed E-state index contributed by atoms with van der Waals surface area (Å²) in [7, 11) is -4.07. The Hall–Kier alpha value is -1.96. The number of nitrogens with one attached hydrogen (secondary N) is 2. The zero-order chi connectivity index (χ0) is 23.6. The van der Waals surface area contributed by atoms with Gasteiger partial charge in [-0.1, -0.05) is 13.8 Å². The monoisotopic (exact) mass is 468 g/mol. The van der Waals surface area contributed by atoms with Crippen molar-refractivity contribution in [2.45, 2.75) is 65.1 Å². The first-order chi connectivity index (χ1) is 14.4. The second-order valence-corrected chi connectivity index (χ2v) is 8.72. The minimum Gasteiger partial charge on any atom is -0.458 e. The highest BCUT2D eigenvalue weighted by atomic mass is 32.2. The van der Waals surface area contributed by atoms with Crippen molar-refractivity contribution < 1.29 is 46.3 Å². The largest absolute Gasteiger partial charge is 0.458 e. The molecule has 0 saturated carbocycles. The van der Waals surface area contributed by atoms with E-state index in [1.165, 1.54) is 13.8 Å². The molecule has 1 aliphatic rings. The molecule has 3 N–H and O–H groups in total. The van der Waals surface area contributed by atoms with Crippen LogP contribution in [0.4, 0.5) is 4.79 Å². The molecule has 1 heterocycles. The summed E-state index contributed by atoms with van der Waals surface area (Å²) in [4.78, 5) is 34.8. The summed E-state index contributed by atoms with van der Waals surface area (Å²) in [6.45, 7) is 6.40. The highest BCUT2D eigenvalue weighted by Crippen LogP contribution is 2.32. The molecule has 0 aromatic carbocycles. The normalized spacial score (nSPS) is 26.0. The van der Waals surface area contributed by atoms with Crippen molar-refractivity contribution in [3.05, 3.63) is 0 Å². The van der Waals surface area contributed by atoms with Crippen molar-refractivity contribution >= 4 is 28.1 Å². The van der Waals surface area contributed by atoms with Crippen LogP contribution in [0.25, 0.3) is 0 Å². The van der Waals surface area contributed by atoms with E-state index in [9.17, 15) is 22.8 Å². The molecule has 31 heavy (non-hydrogen) atoms. The molecule has 0 bridgehead atoms. The van der Waals surface area contributed by atoms with E-state index in [0.29, 0.717) is 6.42 Å². The van der Waals surface area contributed by atoms with Gasteiger partial charge >= 0.3 is 18.0 Å². The van der Waals surface area contributed by atoms with Gasteiger partial charge in [0.05, 0.1) is 18.5 Å². The summed E-state index contributed by atoms with van der Waals surface area (Å²) in [6.07, 6.45) is -2.31. The number of carbonyl (C=O) groups excluding carboxylic acids is 3. The molecule has 2 amide bonds. The average Bonchev–Trinajstić information content (AvgIpc) is 2.65. The number of hydrogen-bond donors (Lipinski definition) is 3. The van der Waals surface area contributed by atoms with Crippen molar-refractivity contribution in [3.63, 3.8) is 0 Å². The molecule has 0 unspecified atom stereocenters. The van der Waals surface area contributed by atoms with Gasteiger partial charge in [0.2, 0.25) is 0 Å². The predicted molar refractivity (Wildman–Crippen MR) is 108 cm³/mol. The van der Waals surface area contributed by atoms with Crippen LogP contribution in [-0.4, -0.2) is 81.0 Å². The number of rotatable bonds is 11. The van der Waals surface area contributed by atoms with Crippen LogP contribution in [0.15, 0.2) is 0 Å². The summed E-state index contributed by atoms with van der Waals surface area (Å²) in [5, 5.41) is 4.96. The topological polar surface area (TPSA) is 167 Å². The van der Waals surface area contributed by atoms with Crippen LogP contribution in [-0.2, 0) is 38.7 Å². The lowest BCUT2D eigenvalue weighted by Gasteiger charge is -2.43. The molecular weight excluding hydrogens is 436 g/mol. The average molecular weight is 469 g/mol. The smallest absolute Gasteiger partial charge is 0.314 e. The number of hydrogen-bond acceptors (Lipinski definition) is 9. The molecule has 0 aromatic heterocycles. The van der Waals surface area contributed by atoms with Crippen LogP contribution in [0.2, 0.25) is 0 Å². The highest BCUT2D eigenvalue weighted by molar-refractivity contribution is 7.85. The van der Waals surface area contributed by atoms with E-state index >= 15 is 0 Å². The van der Waals surface area contributed by atoms with Crippen LogP contribution in [0, 0.1) is 5.92 Å². The van der Waals surface area contributed by atoms with Crippen LogP contribution >= 0.6 is 0 Å². The molecule has 1 rings (SSSR count). The summed E-state index contributed by atoms with van der Waals surface area (Å²) in [5.41, 5.74) is 0. The first kappa shape index (κ1) is 27.1. The number of urea groups is 1. The fourth-order valence-electron chi connectivity index (χ4n) is 3.18. The molecule has 0 radical (unpaired) electrons. The SMILES string of the molecule is CC[C@H]1O[C@@H](OCCNC(=O)NCCCS(=O)(=O)O)[C@H](OC(C)=O)[C@@H](OC(C)=O)[C@@H]1C. The summed E-state index contributed by atoms with van der Waals surface area (Å²) < 4.78 is 52.1. The lowest BCUT2D eigenvalue weighted by Crippen LogP contribution is -2.57. The van der Waals surface area contributed by atoms with Crippen LogP contribution in [0.5, 0.6) is 0 Å². The van der Waals surface area contributed by atoms with Gasteiger partial charge in [-0.15, -0.1) is 0 Å². The standard InChI is InChI=1S/C18H32N2O10S/c1-5-14-11(2)15(28-12(3)21)16(29-13(4)22)17(30-14)27-9-8-20-18(23)19-7-6-10-31(24,25)26/h11,14-17H,5-10H2,1-4H3,(H2,19,20,23)(H,24,25,26)/t11-,14-,15+,16-,17-/m1/s1. The highest BCUT2D eigenvalue weighted by Gasteiger charge is 2.47. The molecule has 0 aromatic rings. The Kier molecular flexibility index (Phi) is 11.2. The van der Waals surface area contributed by atoms with Crippen LogP contribution in [0.3, 0.4) is 0 Å². The maximum atomic E-state index is 11.7. The molecule has 13 heteroatoms. The Labute approximate surface area is 182 Å². The maximum absolute atomic E-state index is 11.7. The molecular formula is C18H32N2O10S. The van der Waals surface area contributed by atoms with Crippen molar-refractivity contribution in [1.82, 2.24) is 10.6 Å². The first-order valence-corrected chi connectivity index (χ1v) is 11.6. The van der Waals surface area contributed by atoms with Crippen molar-refractivity contribution in [2.75, 3.05) is 25.4 Å². The van der Waals surface area contributed by atoms with Gasteiger partial charge in [0, 0.05) is 32.9 Å². The van der Waals surface area contributed by atoms with Gasteiger partial charge in [-0.05, 0) is 12.8 Å². The number of amides is 2. The van der Waals surface area contributed by atoms with Gasteiger partial charge in [0.25, 0.3) is 10.1 Å². The molecule has 0 spiro atoms. The first-order valence-electron chi connectivity index (χ1n) is 10.0. The summed E-state index contributed by atoms with van der Waals surface area (Å²) >= 11 is 0. The molecule has 12 nitrogen and oxygen atoms in total. The molecule has 5 atom stereocenters. The van der Waals surface area contributed by atoms with E-state index in [2.05, 4.69) is 10.6 Å². The Morgan fingerprint density at radius 3 is 2.16 bits per heavy atom. The maximum Gasteiger partial charge on any atom is 0.314 e. The van der Waals surface area contributed by atoms with Gasteiger partial charge in [-0.3, -0.25) is 14.1 Å². The zero-order valence-corrected chi connectivity index (χ0v) is 19.0. The lowest BCUT2D eigenvalue weighted by atomic mass is 9.89. The van der Waals surface area contributed by atoms with Crippen molar-refractivity contribution in [2.24, 2.45) is 5.92 Å². The van der Waals surface area contributed by atoms with E-state index in [0.717, 1.165) is 0 Å². The second-order valence-electron chi connectivity index (χ2n) is 7.15. The van der Waals surface area contributed by atoms with Crippen LogP contribution in [0.1, 0.15) is 40.5 Å². The minimum atomic E-state index is -4.07. The van der Waals surface area contributed by atoms with Gasteiger partial charge in [0.1, 0.15) is 6.10 Å². The van der Waals surface area contributed by atoms with E-state index in [4.69, 9.17) is 23.5 Å². The van der Waals surface area contributed by atoms with E-state index in [1.807, 2.05) is 13.8 Å². The zero-order valence-electron chi connectivity index (χ0n) is 18.2. The minimum absolute atomic E-state index is 0.0124. The third-order valence-electron chi connectivity index (χ3n) is 4.55. The summed E-state index contributed by atoms with van der Waals surface area (Å²) in [5.74, 6) is -1.78. The fraction of sp³-hybridized carbons (Fsp3) is 0.833.